The minimum Gasteiger partial charge on any atom is -0.327 e. The smallest absolute Gasteiger partial charge is 0.242 e. The average Bonchev–Trinajstić information content (AvgIpc) is 3.42. The summed E-state index contributed by atoms with van der Waals surface area (Å²) in [5, 5.41) is 2.19. The third-order valence-electron chi connectivity index (χ3n) is 6.42. The first-order valence-corrected chi connectivity index (χ1v) is 13.5. The molecule has 1 atom stereocenters. The SMILES string of the molecule is CCn1c(CN2CCc3sccc3C2c2ccccc2)nc2cc(S(=O)(=O)N(C)C)ccc21. The third-order valence-corrected chi connectivity index (χ3v) is 9.23. The first kappa shape index (κ1) is 22.3. The van der Waals surface area contributed by atoms with Crippen molar-refractivity contribution in [2.75, 3.05) is 20.6 Å². The lowest BCUT2D eigenvalue weighted by atomic mass is 9.93. The topological polar surface area (TPSA) is 58.4 Å². The Kier molecular flexibility index (Phi) is 5.86. The molecule has 0 fully saturated rings. The molecule has 2 aromatic carbocycles. The van der Waals surface area contributed by atoms with E-state index < -0.39 is 10.0 Å². The van der Waals surface area contributed by atoms with Crippen LogP contribution in [0.2, 0.25) is 0 Å². The summed E-state index contributed by atoms with van der Waals surface area (Å²) in [6.07, 6.45) is 1.04. The summed E-state index contributed by atoms with van der Waals surface area (Å²) in [4.78, 5) is 9.15. The molecule has 0 saturated heterocycles. The second kappa shape index (κ2) is 8.68. The maximum Gasteiger partial charge on any atom is 0.242 e. The Hall–Kier alpha value is -2.52. The van der Waals surface area contributed by atoms with Gasteiger partial charge in [0.05, 0.1) is 28.5 Å². The zero-order valence-electron chi connectivity index (χ0n) is 19.1. The first-order valence-electron chi connectivity index (χ1n) is 11.2. The number of hydrogen-bond donors (Lipinski definition) is 0. The van der Waals surface area contributed by atoms with Crippen LogP contribution in [0, 0.1) is 0 Å². The van der Waals surface area contributed by atoms with Crippen molar-refractivity contribution in [3.05, 3.63) is 81.8 Å². The predicted molar refractivity (Wildman–Crippen MR) is 133 cm³/mol. The van der Waals surface area contributed by atoms with Crippen molar-refractivity contribution >= 4 is 32.4 Å². The van der Waals surface area contributed by atoms with Crippen LogP contribution in [0.5, 0.6) is 0 Å². The molecule has 4 aromatic rings. The van der Waals surface area contributed by atoms with Gasteiger partial charge >= 0.3 is 0 Å². The van der Waals surface area contributed by atoms with Gasteiger partial charge in [-0.05, 0) is 54.1 Å². The number of sulfonamides is 1. The number of hydrogen-bond acceptors (Lipinski definition) is 5. The van der Waals surface area contributed by atoms with Gasteiger partial charge in [0.1, 0.15) is 5.82 Å². The predicted octanol–water partition coefficient (Wildman–Crippen LogP) is 4.52. The highest BCUT2D eigenvalue weighted by atomic mass is 32.2. The maximum absolute atomic E-state index is 12.6. The van der Waals surface area contributed by atoms with E-state index in [1.54, 1.807) is 26.2 Å². The van der Waals surface area contributed by atoms with Crippen LogP contribution >= 0.6 is 11.3 Å². The fourth-order valence-electron chi connectivity index (χ4n) is 4.75. The molecule has 0 spiro atoms. The van der Waals surface area contributed by atoms with E-state index in [2.05, 4.69) is 58.2 Å². The van der Waals surface area contributed by atoms with Gasteiger partial charge in [-0.1, -0.05) is 30.3 Å². The summed E-state index contributed by atoms with van der Waals surface area (Å²) in [7, 11) is -0.403. The van der Waals surface area contributed by atoms with Gasteiger partial charge in [0, 0.05) is 32.1 Å². The van der Waals surface area contributed by atoms with Gasteiger partial charge in [-0.15, -0.1) is 11.3 Å². The van der Waals surface area contributed by atoms with Crippen molar-refractivity contribution in [3.63, 3.8) is 0 Å². The molecular weight excluding hydrogens is 452 g/mol. The molecule has 1 aliphatic heterocycles. The second-order valence-corrected chi connectivity index (χ2v) is 11.7. The Bertz CT molecular complexity index is 1390. The molecule has 0 saturated carbocycles. The quantitative estimate of drug-likeness (QED) is 0.407. The van der Waals surface area contributed by atoms with Gasteiger partial charge in [0.15, 0.2) is 0 Å². The monoisotopic (exact) mass is 480 g/mol. The number of thiophene rings is 1. The molecule has 33 heavy (non-hydrogen) atoms. The first-order chi connectivity index (χ1) is 15.9. The molecule has 0 amide bonds. The highest BCUT2D eigenvalue weighted by Crippen LogP contribution is 2.38. The third kappa shape index (κ3) is 3.91. The summed E-state index contributed by atoms with van der Waals surface area (Å²) in [5.74, 6) is 0.964. The van der Waals surface area contributed by atoms with Crippen molar-refractivity contribution in [3.8, 4) is 0 Å². The fraction of sp³-hybridized carbons (Fsp3) is 0.320. The van der Waals surface area contributed by atoms with Gasteiger partial charge in [-0.3, -0.25) is 4.90 Å². The summed E-state index contributed by atoms with van der Waals surface area (Å²) in [6.45, 7) is 4.55. The van der Waals surface area contributed by atoms with Crippen LogP contribution in [-0.2, 0) is 29.5 Å². The van der Waals surface area contributed by atoms with E-state index in [0.717, 1.165) is 36.4 Å². The summed E-state index contributed by atoms with van der Waals surface area (Å²) >= 11 is 1.84. The van der Waals surface area contributed by atoms with Crippen molar-refractivity contribution in [1.29, 1.82) is 0 Å². The molecular formula is C25H28N4O2S2. The Morgan fingerprint density at radius 2 is 1.91 bits per heavy atom. The van der Waals surface area contributed by atoms with Crippen LogP contribution in [0.25, 0.3) is 11.0 Å². The lowest BCUT2D eigenvalue weighted by molar-refractivity contribution is 0.199. The Labute approximate surface area is 199 Å². The van der Waals surface area contributed by atoms with Crippen LogP contribution in [0.3, 0.4) is 0 Å². The standard InChI is InChI=1S/C25H28N4O2S2/c1-4-29-22-11-10-19(33(30,31)27(2)3)16-21(22)26-24(29)17-28-14-12-23-20(13-15-32-23)25(28)18-8-6-5-7-9-18/h5-11,13,15-16,25H,4,12,14,17H2,1-3H3. The van der Waals surface area contributed by atoms with Crippen LogP contribution in [0.1, 0.15) is 34.8 Å². The Morgan fingerprint density at radius 1 is 1.12 bits per heavy atom. The molecule has 0 bridgehead atoms. The highest BCUT2D eigenvalue weighted by molar-refractivity contribution is 7.89. The van der Waals surface area contributed by atoms with Gasteiger partial charge in [-0.2, -0.15) is 0 Å². The van der Waals surface area contributed by atoms with E-state index >= 15 is 0 Å². The van der Waals surface area contributed by atoms with E-state index in [4.69, 9.17) is 4.98 Å². The number of benzene rings is 2. The zero-order valence-corrected chi connectivity index (χ0v) is 20.7. The average molecular weight is 481 g/mol. The second-order valence-electron chi connectivity index (χ2n) is 8.54. The molecule has 1 unspecified atom stereocenters. The minimum atomic E-state index is -3.50. The molecule has 6 nitrogen and oxygen atoms in total. The van der Waals surface area contributed by atoms with Crippen molar-refractivity contribution < 1.29 is 8.42 Å². The molecule has 0 radical (unpaired) electrons. The fourth-order valence-corrected chi connectivity index (χ4v) is 6.58. The number of rotatable bonds is 6. The van der Waals surface area contributed by atoms with Crippen molar-refractivity contribution in [2.24, 2.45) is 0 Å². The molecule has 0 N–H and O–H groups in total. The summed E-state index contributed by atoms with van der Waals surface area (Å²) in [5.41, 5.74) is 4.36. The highest BCUT2D eigenvalue weighted by Gasteiger charge is 2.31. The van der Waals surface area contributed by atoms with E-state index in [1.807, 2.05) is 17.4 Å². The van der Waals surface area contributed by atoms with Gasteiger partial charge < -0.3 is 4.57 Å². The Balaban J connectivity index is 1.55. The largest absolute Gasteiger partial charge is 0.327 e. The zero-order chi connectivity index (χ0) is 23.2. The van der Waals surface area contributed by atoms with Crippen molar-refractivity contribution in [1.82, 2.24) is 18.8 Å². The molecule has 172 valence electrons. The number of nitrogens with zero attached hydrogens (tertiary/aromatic N) is 4. The van der Waals surface area contributed by atoms with Gasteiger partial charge in [0.25, 0.3) is 0 Å². The molecule has 0 aliphatic carbocycles. The number of imidazole rings is 1. The van der Waals surface area contributed by atoms with Crippen LogP contribution in [0.4, 0.5) is 0 Å². The van der Waals surface area contributed by atoms with Crippen LogP contribution < -0.4 is 0 Å². The summed E-state index contributed by atoms with van der Waals surface area (Å²) < 4.78 is 28.7. The lowest BCUT2D eigenvalue weighted by Crippen LogP contribution is -2.35. The normalized spacial score (nSPS) is 17.0. The lowest BCUT2D eigenvalue weighted by Gasteiger charge is -2.36. The van der Waals surface area contributed by atoms with Crippen LogP contribution in [-0.4, -0.2) is 47.8 Å². The van der Waals surface area contributed by atoms with E-state index in [-0.39, 0.29) is 10.9 Å². The van der Waals surface area contributed by atoms with Crippen LogP contribution in [0.15, 0.2) is 64.9 Å². The maximum atomic E-state index is 12.6. The number of aromatic nitrogens is 2. The van der Waals surface area contributed by atoms with E-state index in [1.165, 1.54) is 20.3 Å². The van der Waals surface area contributed by atoms with E-state index in [9.17, 15) is 8.42 Å². The molecule has 2 aromatic heterocycles. The summed E-state index contributed by atoms with van der Waals surface area (Å²) in [6, 6.07) is 18.4. The van der Waals surface area contributed by atoms with Crippen molar-refractivity contribution in [2.45, 2.75) is 37.4 Å². The molecule has 1 aliphatic rings. The Morgan fingerprint density at radius 3 is 2.64 bits per heavy atom. The van der Waals surface area contributed by atoms with Gasteiger partial charge in [0.2, 0.25) is 10.0 Å². The minimum absolute atomic E-state index is 0.191. The molecule has 5 rings (SSSR count). The number of fused-ring (bicyclic) bond motifs is 2. The molecule has 8 heteroatoms. The molecule has 3 heterocycles. The van der Waals surface area contributed by atoms with Gasteiger partial charge in [-0.25, -0.2) is 17.7 Å². The number of aryl methyl sites for hydroxylation is 1. The van der Waals surface area contributed by atoms with E-state index in [0.29, 0.717) is 6.54 Å².